The van der Waals surface area contributed by atoms with Crippen LogP contribution in [0.4, 0.5) is 4.39 Å². The minimum atomic E-state index is -0.120. The summed E-state index contributed by atoms with van der Waals surface area (Å²) in [5.74, 6) is -0.120. The van der Waals surface area contributed by atoms with Crippen molar-refractivity contribution in [2.75, 3.05) is 6.54 Å². The minimum absolute atomic E-state index is 0.120. The first-order chi connectivity index (χ1) is 6.81. The molecule has 1 aromatic rings. The van der Waals surface area contributed by atoms with Gasteiger partial charge in [-0.15, -0.1) is 0 Å². The van der Waals surface area contributed by atoms with Crippen molar-refractivity contribution in [2.24, 2.45) is 0 Å². The lowest BCUT2D eigenvalue weighted by Gasteiger charge is -2.15. The highest BCUT2D eigenvalue weighted by Crippen LogP contribution is 2.26. The molecule has 1 atom stereocenters. The van der Waals surface area contributed by atoms with Crippen LogP contribution in [-0.2, 0) is 6.42 Å². The van der Waals surface area contributed by atoms with Gasteiger partial charge in [-0.3, -0.25) is 0 Å². The molecule has 1 aliphatic rings. The predicted octanol–water partition coefficient (Wildman–Crippen LogP) is 2.81. The van der Waals surface area contributed by atoms with Gasteiger partial charge in [0.15, 0.2) is 0 Å². The Kier molecular flexibility index (Phi) is 2.82. The number of aryl methyl sites for hydroxylation is 1. The summed E-state index contributed by atoms with van der Waals surface area (Å²) in [5.41, 5.74) is 2.43. The Hall–Kier alpha value is -0.890. The Morgan fingerprint density at radius 2 is 2.36 bits per heavy atom. The van der Waals surface area contributed by atoms with Crippen LogP contribution in [0, 0.1) is 5.82 Å². The van der Waals surface area contributed by atoms with Crippen molar-refractivity contribution in [1.82, 2.24) is 5.32 Å². The summed E-state index contributed by atoms with van der Waals surface area (Å²) in [5, 5.41) is 3.41. The maximum Gasteiger partial charge on any atom is 0.123 e. The molecule has 0 saturated carbocycles. The molecule has 1 aliphatic heterocycles. The Labute approximate surface area is 84.3 Å². The first kappa shape index (κ1) is 9.66. The van der Waals surface area contributed by atoms with Crippen LogP contribution in [-0.4, -0.2) is 6.54 Å². The van der Waals surface area contributed by atoms with Gasteiger partial charge < -0.3 is 5.32 Å². The molecule has 0 bridgehead atoms. The van der Waals surface area contributed by atoms with Crippen LogP contribution in [0.15, 0.2) is 18.2 Å². The summed E-state index contributed by atoms with van der Waals surface area (Å²) in [6, 6.07) is 5.52. The van der Waals surface area contributed by atoms with E-state index >= 15 is 0 Å². The van der Waals surface area contributed by atoms with E-state index in [0.717, 1.165) is 24.9 Å². The van der Waals surface area contributed by atoms with Crippen LogP contribution in [0.1, 0.15) is 36.9 Å². The average Bonchev–Trinajstić information content (AvgIpc) is 2.70. The molecule has 1 fully saturated rings. The van der Waals surface area contributed by atoms with Crippen molar-refractivity contribution in [1.29, 1.82) is 0 Å². The van der Waals surface area contributed by atoms with Crippen molar-refractivity contribution in [2.45, 2.75) is 32.2 Å². The van der Waals surface area contributed by atoms with E-state index in [-0.39, 0.29) is 5.82 Å². The van der Waals surface area contributed by atoms with E-state index in [0.29, 0.717) is 6.04 Å². The Balaban J connectivity index is 2.33. The van der Waals surface area contributed by atoms with Gasteiger partial charge >= 0.3 is 0 Å². The van der Waals surface area contributed by atoms with Gasteiger partial charge in [0.2, 0.25) is 0 Å². The summed E-state index contributed by atoms with van der Waals surface area (Å²) in [6.07, 6.45) is 3.31. The molecule has 1 N–H and O–H groups in total. The highest BCUT2D eigenvalue weighted by Gasteiger charge is 2.18. The van der Waals surface area contributed by atoms with Crippen LogP contribution < -0.4 is 5.32 Å². The van der Waals surface area contributed by atoms with Crippen LogP contribution >= 0.6 is 0 Å². The number of rotatable bonds is 2. The molecule has 0 aliphatic carbocycles. The van der Waals surface area contributed by atoms with Crippen molar-refractivity contribution < 1.29 is 4.39 Å². The third-order valence-corrected chi connectivity index (χ3v) is 2.92. The standard InChI is InChI=1S/C12H16FN/c1-2-9-5-6-10(13)8-11(9)12-4-3-7-14-12/h5-6,8,12,14H,2-4,7H2,1H3/t12-/m1/s1. The fourth-order valence-electron chi connectivity index (χ4n) is 2.16. The van der Waals surface area contributed by atoms with E-state index < -0.39 is 0 Å². The second-order valence-electron chi connectivity index (χ2n) is 3.85. The zero-order valence-corrected chi connectivity index (χ0v) is 8.52. The molecule has 0 amide bonds. The Bertz CT molecular complexity index is 316. The first-order valence-corrected chi connectivity index (χ1v) is 5.33. The number of halogens is 1. The molecular formula is C12H16FN. The van der Waals surface area contributed by atoms with E-state index in [2.05, 4.69) is 12.2 Å². The Morgan fingerprint density at radius 3 is 3.00 bits per heavy atom. The van der Waals surface area contributed by atoms with Crippen molar-refractivity contribution in [3.05, 3.63) is 35.1 Å². The van der Waals surface area contributed by atoms with Gasteiger partial charge in [-0.1, -0.05) is 13.0 Å². The molecule has 0 radical (unpaired) electrons. The number of nitrogens with one attached hydrogen (secondary N) is 1. The fourth-order valence-corrected chi connectivity index (χ4v) is 2.16. The molecule has 14 heavy (non-hydrogen) atoms. The van der Waals surface area contributed by atoms with Crippen LogP contribution in [0.2, 0.25) is 0 Å². The van der Waals surface area contributed by atoms with Gasteiger partial charge in [0.05, 0.1) is 0 Å². The van der Waals surface area contributed by atoms with Gasteiger partial charge in [0, 0.05) is 6.04 Å². The summed E-state index contributed by atoms with van der Waals surface area (Å²) in [7, 11) is 0. The molecule has 0 spiro atoms. The molecule has 0 unspecified atom stereocenters. The van der Waals surface area contributed by atoms with Crippen LogP contribution in [0.5, 0.6) is 0 Å². The molecule has 1 saturated heterocycles. The number of hydrogen-bond donors (Lipinski definition) is 1. The maximum atomic E-state index is 13.1. The smallest absolute Gasteiger partial charge is 0.123 e. The average molecular weight is 193 g/mol. The number of benzene rings is 1. The summed E-state index contributed by atoms with van der Waals surface area (Å²) in [4.78, 5) is 0. The third kappa shape index (κ3) is 1.80. The largest absolute Gasteiger partial charge is 0.310 e. The molecule has 1 heterocycles. The monoisotopic (exact) mass is 193 g/mol. The zero-order valence-electron chi connectivity index (χ0n) is 8.52. The first-order valence-electron chi connectivity index (χ1n) is 5.33. The van der Waals surface area contributed by atoms with Crippen LogP contribution in [0.3, 0.4) is 0 Å². The lowest BCUT2D eigenvalue weighted by molar-refractivity contribution is 0.602. The molecule has 1 nitrogen and oxygen atoms in total. The highest BCUT2D eigenvalue weighted by atomic mass is 19.1. The highest BCUT2D eigenvalue weighted by molar-refractivity contribution is 5.31. The fraction of sp³-hybridized carbons (Fsp3) is 0.500. The van der Waals surface area contributed by atoms with E-state index in [4.69, 9.17) is 0 Å². The minimum Gasteiger partial charge on any atom is -0.310 e. The molecule has 1 aromatic carbocycles. The van der Waals surface area contributed by atoms with E-state index in [1.54, 1.807) is 12.1 Å². The van der Waals surface area contributed by atoms with Gasteiger partial charge in [-0.2, -0.15) is 0 Å². The quantitative estimate of drug-likeness (QED) is 0.761. The summed E-state index contributed by atoms with van der Waals surface area (Å²) >= 11 is 0. The van der Waals surface area contributed by atoms with Crippen molar-refractivity contribution >= 4 is 0 Å². The normalized spacial score (nSPS) is 21.4. The molecule has 2 heteroatoms. The number of hydrogen-bond acceptors (Lipinski definition) is 1. The lowest BCUT2D eigenvalue weighted by atomic mass is 9.97. The molecule has 2 rings (SSSR count). The van der Waals surface area contributed by atoms with Crippen molar-refractivity contribution in [3.63, 3.8) is 0 Å². The van der Waals surface area contributed by atoms with E-state index in [9.17, 15) is 4.39 Å². The second-order valence-corrected chi connectivity index (χ2v) is 3.85. The Morgan fingerprint density at radius 1 is 1.50 bits per heavy atom. The van der Waals surface area contributed by atoms with E-state index in [1.165, 1.54) is 12.0 Å². The zero-order chi connectivity index (χ0) is 9.97. The molecule has 0 aromatic heterocycles. The molecular weight excluding hydrogens is 177 g/mol. The maximum absolute atomic E-state index is 13.1. The van der Waals surface area contributed by atoms with Gasteiger partial charge in [0.25, 0.3) is 0 Å². The summed E-state index contributed by atoms with van der Waals surface area (Å²) in [6.45, 7) is 3.18. The predicted molar refractivity (Wildman–Crippen MR) is 55.8 cm³/mol. The SMILES string of the molecule is CCc1ccc(F)cc1[C@H]1CCCN1. The van der Waals surface area contributed by atoms with Gasteiger partial charge in [0.1, 0.15) is 5.82 Å². The lowest BCUT2D eigenvalue weighted by Crippen LogP contribution is -2.14. The second kappa shape index (κ2) is 4.09. The van der Waals surface area contributed by atoms with E-state index in [1.807, 2.05) is 6.07 Å². The van der Waals surface area contributed by atoms with Gasteiger partial charge in [-0.05, 0) is 49.1 Å². The topological polar surface area (TPSA) is 12.0 Å². The van der Waals surface area contributed by atoms with Crippen molar-refractivity contribution in [3.8, 4) is 0 Å². The third-order valence-electron chi connectivity index (χ3n) is 2.92. The molecule has 76 valence electrons. The van der Waals surface area contributed by atoms with Crippen LogP contribution in [0.25, 0.3) is 0 Å². The van der Waals surface area contributed by atoms with Gasteiger partial charge in [-0.25, -0.2) is 4.39 Å². The summed E-state index contributed by atoms with van der Waals surface area (Å²) < 4.78 is 13.1.